The first-order chi connectivity index (χ1) is 16.2. The van der Waals surface area contributed by atoms with Crippen LogP contribution in [0.5, 0.6) is 0 Å². The highest BCUT2D eigenvalue weighted by Gasteiger charge is 2.21. The minimum Gasteiger partial charge on any atom is -0.367 e. The van der Waals surface area contributed by atoms with Crippen molar-refractivity contribution in [3.63, 3.8) is 0 Å². The molecule has 0 radical (unpaired) electrons. The molecule has 5 heteroatoms. The number of aromatic nitrogens is 2. The van der Waals surface area contributed by atoms with Gasteiger partial charge in [0.15, 0.2) is 0 Å². The number of halogens is 1. The molecule has 4 heterocycles. The molecular formula is C28H27ClN4. The quantitative estimate of drug-likeness (QED) is 0.352. The fourth-order valence-electron chi connectivity index (χ4n) is 5.17. The van der Waals surface area contributed by atoms with Crippen LogP contribution >= 0.6 is 11.6 Å². The third kappa shape index (κ3) is 4.04. The van der Waals surface area contributed by atoms with Gasteiger partial charge in [0.2, 0.25) is 0 Å². The number of benzene rings is 2. The van der Waals surface area contributed by atoms with Crippen LogP contribution in [-0.2, 0) is 13.0 Å². The first kappa shape index (κ1) is 20.5. The van der Waals surface area contributed by atoms with Gasteiger partial charge < -0.3 is 9.80 Å². The summed E-state index contributed by atoms with van der Waals surface area (Å²) in [5.74, 6) is 1.04. The fraction of sp³-hybridized carbons (Fsp3) is 0.286. The number of anilines is 2. The highest BCUT2D eigenvalue weighted by Crippen LogP contribution is 2.37. The van der Waals surface area contributed by atoms with Gasteiger partial charge >= 0.3 is 0 Å². The molecule has 2 aliphatic heterocycles. The van der Waals surface area contributed by atoms with Crippen LogP contribution in [0.2, 0.25) is 5.02 Å². The van der Waals surface area contributed by atoms with E-state index in [1.165, 1.54) is 41.5 Å². The monoisotopic (exact) mass is 454 g/mol. The van der Waals surface area contributed by atoms with Crippen molar-refractivity contribution in [1.82, 2.24) is 9.97 Å². The van der Waals surface area contributed by atoms with E-state index in [1.54, 1.807) is 0 Å². The van der Waals surface area contributed by atoms with Gasteiger partial charge in [-0.3, -0.25) is 4.98 Å². The summed E-state index contributed by atoms with van der Waals surface area (Å²) in [6.07, 6.45) is 8.52. The Labute approximate surface area is 199 Å². The molecule has 0 amide bonds. The van der Waals surface area contributed by atoms with Gasteiger partial charge in [0, 0.05) is 55.2 Å². The third-order valence-electron chi connectivity index (χ3n) is 6.95. The summed E-state index contributed by atoms with van der Waals surface area (Å²) in [5, 5.41) is 1.90. The van der Waals surface area contributed by atoms with Gasteiger partial charge in [-0.1, -0.05) is 35.9 Å². The lowest BCUT2D eigenvalue weighted by atomic mass is 10.0. The van der Waals surface area contributed by atoms with Crippen LogP contribution < -0.4 is 9.80 Å². The smallest absolute Gasteiger partial charge is 0.129 e. The van der Waals surface area contributed by atoms with Crippen molar-refractivity contribution in [2.75, 3.05) is 29.4 Å². The first-order valence-corrected chi connectivity index (χ1v) is 12.2. The van der Waals surface area contributed by atoms with Gasteiger partial charge in [-0.15, -0.1) is 0 Å². The summed E-state index contributed by atoms with van der Waals surface area (Å²) < 4.78 is 0. The van der Waals surface area contributed by atoms with Gasteiger partial charge in [0.05, 0.1) is 10.5 Å². The molecule has 0 saturated carbocycles. The minimum absolute atomic E-state index is 0.710. The number of fused-ring (bicyclic) bond motifs is 2. The number of rotatable bonds is 4. The van der Waals surface area contributed by atoms with Crippen LogP contribution in [0, 0.1) is 0 Å². The maximum absolute atomic E-state index is 6.64. The lowest BCUT2D eigenvalue weighted by Gasteiger charge is -2.28. The van der Waals surface area contributed by atoms with E-state index in [4.69, 9.17) is 11.6 Å². The summed E-state index contributed by atoms with van der Waals surface area (Å²) >= 11 is 6.64. The second-order valence-corrected chi connectivity index (χ2v) is 9.52. The van der Waals surface area contributed by atoms with Gasteiger partial charge in [0.1, 0.15) is 5.82 Å². The van der Waals surface area contributed by atoms with Crippen molar-refractivity contribution >= 4 is 34.0 Å². The molecule has 0 N–H and O–H groups in total. The standard InChI is InChI=1S/C28H27ClN4/c29-25-18-31-28(32-12-2-1-3-13-32)17-24(25)22-8-7-21-10-14-33(27(21)16-22)19-20-6-9-26-23(15-20)5-4-11-30-26/h4-9,11,15-18H,1-3,10,12-14,19H2. The minimum atomic E-state index is 0.710. The van der Waals surface area contributed by atoms with E-state index in [0.29, 0.717) is 5.02 Å². The molecule has 1 fully saturated rings. The molecule has 4 nitrogen and oxygen atoms in total. The van der Waals surface area contributed by atoms with E-state index >= 15 is 0 Å². The van der Waals surface area contributed by atoms with Crippen molar-refractivity contribution in [2.24, 2.45) is 0 Å². The Kier molecular flexibility index (Phi) is 5.39. The van der Waals surface area contributed by atoms with Crippen molar-refractivity contribution < 1.29 is 0 Å². The van der Waals surface area contributed by atoms with Crippen molar-refractivity contribution in [1.29, 1.82) is 0 Å². The van der Waals surface area contributed by atoms with Crippen LogP contribution in [0.3, 0.4) is 0 Å². The Bertz CT molecular complexity index is 1310. The van der Waals surface area contributed by atoms with Crippen LogP contribution in [0.1, 0.15) is 30.4 Å². The lowest BCUT2D eigenvalue weighted by Crippen LogP contribution is -2.30. The molecule has 0 unspecified atom stereocenters. The Morgan fingerprint density at radius 2 is 1.79 bits per heavy atom. The second kappa shape index (κ2) is 8.68. The Morgan fingerprint density at radius 1 is 0.879 bits per heavy atom. The maximum Gasteiger partial charge on any atom is 0.129 e. The Balaban J connectivity index is 1.30. The van der Waals surface area contributed by atoms with E-state index in [1.807, 2.05) is 18.5 Å². The van der Waals surface area contributed by atoms with E-state index < -0.39 is 0 Å². The van der Waals surface area contributed by atoms with Gasteiger partial charge in [-0.2, -0.15) is 0 Å². The van der Waals surface area contributed by atoms with Crippen molar-refractivity contribution in [3.8, 4) is 11.1 Å². The fourth-order valence-corrected chi connectivity index (χ4v) is 5.38. The largest absolute Gasteiger partial charge is 0.367 e. The summed E-state index contributed by atoms with van der Waals surface area (Å²) in [6.45, 7) is 4.08. The van der Waals surface area contributed by atoms with Crippen LogP contribution in [0.15, 0.2) is 67.0 Å². The third-order valence-corrected chi connectivity index (χ3v) is 7.25. The summed E-state index contributed by atoms with van der Waals surface area (Å²) in [5.41, 5.74) is 7.30. The normalized spacial score (nSPS) is 15.8. The maximum atomic E-state index is 6.64. The average Bonchev–Trinajstić information content (AvgIpc) is 3.26. The molecule has 2 aromatic carbocycles. The predicted octanol–water partition coefficient (Wildman–Crippen LogP) is 6.50. The summed E-state index contributed by atoms with van der Waals surface area (Å²) in [4.78, 5) is 14.0. The zero-order valence-corrected chi connectivity index (χ0v) is 19.4. The molecular weight excluding hydrogens is 428 g/mol. The van der Waals surface area contributed by atoms with Crippen molar-refractivity contribution in [2.45, 2.75) is 32.2 Å². The van der Waals surface area contributed by atoms with Crippen molar-refractivity contribution in [3.05, 3.63) is 83.1 Å². The average molecular weight is 455 g/mol. The molecule has 2 aliphatic rings. The number of pyridine rings is 2. The molecule has 2 aromatic heterocycles. The molecule has 0 aliphatic carbocycles. The van der Waals surface area contributed by atoms with Crippen LogP contribution in [0.25, 0.3) is 22.0 Å². The molecule has 0 spiro atoms. The van der Waals surface area contributed by atoms with Gasteiger partial charge in [0.25, 0.3) is 0 Å². The molecule has 6 rings (SSSR count). The van der Waals surface area contributed by atoms with Gasteiger partial charge in [-0.25, -0.2) is 4.98 Å². The lowest BCUT2D eigenvalue weighted by molar-refractivity contribution is 0.573. The number of nitrogens with zero attached hydrogens (tertiary/aromatic N) is 4. The van der Waals surface area contributed by atoms with Gasteiger partial charge in [-0.05, 0) is 72.7 Å². The number of hydrogen-bond acceptors (Lipinski definition) is 4. The second-order valence-electron chi connectivity index (χ2n) is 9.12. The molecule has 0 bridgehead atoms. The van der Waals surface area contributed by atoms with E-state index in [9.17, 15) is 0 Å². The molecule has 33 heavy (non-hydrogen) atoms. The van der Waals surface area contributed by atoms with Crippen LogP contribution in [0.4, 0.5) is 11.5 Å². The Hall–Kier alpha value is -3.11. The molecule has 1 saturated heterocycles. The number of piperidine rings is 1. The first-order valence-electron chi connectivity index (χ1n) is 11.9. The predicted molar refractivity (Wildman–Crippen MR) is 137 cm³/mol. The number of hydrogen-bond donors (Lipinski definition) is 0. The Morgan fingerprint density at radius 3 is 2.70 bits per heavy atom. The van der Waals surface area contributed by atoms with Crippen LogP contribution in [-0.4, -0.2) is 29.6 Å². The molecule has 0 atom stereocenters. The van der Waals surface area contributed by atoms with E-state index in [2.05, 4.69) is 68.3 Å². The zero-order chi connectivity index (χ0) is 22.2. The summed E-state index contributed by atoms with van der Waals surface area (Å²) in [7, 11) is 0. The zero-order valence-electron chi connectivity index (χ0n) is 18.7. The highest BCUT2D eigenvalue weighted by atomic mass is 35.5. The summed E-state index contributed by atoms with van der Waals surface area (Å²) in [6, 6.07) is 19.7. The van der Waals surface area contributed by atoms with E-state index in [-0.39, 0.29) is 0 Å². The topological polar surface area (TPSA) is 32.3 Å². The SMILES string of the molecule is Clc1cnc(N2CCCCC2)cc1-c1ccc2c(c1)N(Cc1ccc3ncccc3c1)CC2. The molecule has 166 valence electrons. The molecule has 4 aromatic rings. The highest BCUT2D eigenvalue weighted by molar-refractivity contribution is 6.33. The van der Waals surface area contributed by atoms with E-state index in [0.717, 1.165) is 55.1 Å².